The van der Waals surface area contributed by atoms with Gasteiger partial charge in [0.15, 0.2) is 12.9 Å². The Bertz CT molecular complexity index is 965. The number of benzene rings is 1. The van der Waals surface area contributed by atoms with Gasteiger partial charge >= 0.3 is 6.18 Å². The standard InChI is InChI=1S/C14H18F3N7O3S/c1-2-28(19,26)21-7-6-20-13-11(22-27-23-13)12(18)24(25)10-5-3-4-9(8-10)14(15,16)17/h3-5,8,18,25H,2,6-7H2,1H3,(H,20,23)(H2,19,21,26)/b18-12-. The molecule has 0 spiro atoms. The number of halogens is 3. The van der Waals surface area contributed by atoms with E-state index in [1.807, 2.05) is 0 Å². The minimum atomic E-state index is -4.63. The first-order valence-corrected chi connectivity index (χ1v) is 9.58. The molecule has 28 heavy (non-hydrogen) atoms. The second-order valence-corrected chi connectivity index (χ2v) is 7.65. The van der Waals surface area contributed by atoms with Crippen LogP contribution in [0.5, 0.6) is 0 Å². The summed E-state index contributed by atoms with van der Waals surface area (Å²) in [4.78, 5) is 0. The van der Waals surface area contributed by atoms with Gasteiger partial charge in [-0.25, -0.2) is 23.4 Å². The van der Waals surface area contributed by atoms with Gasteiger partial charge in [-0.05, 0) is 28.5 Å². The number of hydroxylamine groups is 1. The molecule has 2 aromatic rings. The largest absolute Gasteiger partial charge is 0.416 e. The maximum Gasteiger partial charge on any atom is 0.416 e. The van der Waals surface area contributed by atoms with Gasteiger partial charge in [0, 0.05) is 18.8 Å². The Balaban J connectivity index is 2.16. The number of nitrogens with zero attached hydrogens (tertiary/aromatic N) is 3. The van der Waals surface area contributed by atoms with Gasteiger partial charge in [0.1, 0.15) is 9.92 Å². The average molecular weight is 421 g/mol. The number of nitrogens with one attached hydrogen (secondary N) is 4. The van der Waals surface area contributed by atoms with E-state index < -0.39 is 27.5 Å². The summed E-state index contributed by atoms with van der Waals surface area (Å²) in [7, 11) is -2.90. The van der Waals surface area contributed by atoms with Gasteiger partial charge in [-0.1, -0.05) is 13.0 Å². The van der Waals surface area contributed by atoms with Crippen LogP contribution in [0.15, 0.2) is 28.9 Å². The topological polar surface area (TPSA) is 151 Å². The number of hydrogen-bond acceptors (Lipinski definition) is 8. The van der Waals surface area contributed by atoms with Crippen LogP contribution in [-0.4, -0.2) is 44.4 Å². The predicted octanol–water partition coefficient (Wildman–Crippen LogP) is 2.29. The second kappa shape index (κ2) is 8.53. The molecule has 5 N–H and O–H groups in total. The van der Waals surface area contributed by atoms with Gasteiger partial charge in [-0.2, -0.15) is 13.2 Å². The lowest BCUT2D eigenvalue weighted by atomic mass is 10.2. The molecule has 0 aliphatic heterocycles. The lowest BCUT2D eigenvalue weighted by molar-refractivity contribution is -0.137. The Labute approximate surface area is 159 Å². The van der Waals surface area contributed by atoms with Crippen molar-refractivity contribution in [3.05, 3.63) is 35.5 Å². The van der Waals surface area contributed by atoms with E-state index in [0.29, 0.717) is 6.07 Å². The Kier molecular flexibility index (Phi) is 6.11. The number of rotatable bonds is 8. The zero-order valence-electron chi connectivity index (χ0n) is 15.5. The van der Waals surface area contributed by atoms with E-state index in [4.69, 9.17) is 6.19 Å². The maximum absolute atomic E-state index is 12.9. The Morgan fingerprint density at radius 1 is 1.43 bits per heavy atom. The van der Waals surface area contributed by atoms with Crippen molar-refractivity contribution >= 4 is 27.3 Å². The molecular weight excluding hydrogens is 403 g/mol. The van der Waals surface area contributed by atoms with E-state index in [0.717, 1.165) is 12.1 Å². The molecule has 0 aliphatic rings. The van der Waals surface area contributed by atoms with Crippen molar-refractivity contribution in [1.29, 1.82) is 10.2 Å². The second-order valence-electron chi connectivity index (χ2n) is 5.43. The van der Waals surface area contributed by atoms with E-state index in [1.54, 1.807) is 6.92 Å². The fourth-order valence-corrected chi connectivity index (χ4v) is 2.62. The molecule has 0 bridgehead atoms. The van der Waals surface area contributed by atoms with Crippen LogP contribution in [0.2, 0.25) is 1.41 Å². The van der Waals surface area contributed by atoms with E-state index in [2.05, 4.69) is 30.4 Å². The van der Waals surface area contributed by atoms with Gasteiger partial charge in [0.25, 0.3) is 0 Å². The molecular formula is C14H18F3N7O3S. The van der Waals surface area contributed by atoms with Crippen LogP contribution in [-0.2, 0) is 16.1 Å². The quantitative estimate of drug-likeness (QED) is 0.190. The first-order valence-electron chi connectivity index (χ1n) is 8.30. The minimum absolute atomic E-state index is 0.0585. The third kappa shape index (κ3) is 5.40. The number of aromatic nitrogens is 2. The highest BCUT2D eigenvalue weighted by molar-refractivity contribution is 7.90. The lowest BCUT2D eigenvalue weighted by Gasteiger charge is -2.18. The third-order valence-electron chi connectivity index (χ3n) is 3.48. The molecule has 0 amide bonds. The smallest absolute Gasteiger partial charge is 0.364 e. The Morgan fingerprint density at radius 2 is 2.18 bits per heavy atom. The van der Waals surface area contributed by atoms with Gasteiger partial charge < -0.3 is 5.32 Å². The maximum atomic E-state index is 12.9. The molecule has 1 heterocycles. The molecule has 1 atom stereocenters. The monoisotopic (exact) mass is 421 g/mol. The molecule has 1 aromatic carbocycles. The third-order valence-corrected chi connectivity index (χ3v) is 4.96. The summed E-state index contributed by atoms with van der Waals surface area (Å²) in [6, 6.07) is 3.76. The minimum Gasteiger partial charge on any atom is -0.364 e. The van der Waals surface area contributed by atoms with Crippen molar-refractivity contribution in [1.82, 2.24) is 15.0 Å². The van der Waals surface area contributed by atoms with Crippen LogP contribution in [0.1, 0.15) is 18.2 Å². The van der Waals surface area contributed by atoms with Gasteiger partial charge in [0.05, 0.1) is 11.3 Å². The zero-order valence-corrected chi connectivity index (χ0v) is 15.3. The van der Waals surface area contributed by atoms with Crippen molar-refractivity contribution in [2.75, 3.05) is 29.2 Å². The van der Waals surface area contributed by atoms with E-state index in [1.165, 1.54) is 6.07 Å². The lowest BCUT2D eigenvalue weighted by Crippen LogP contribution is -2.31. The number of hydrogen-bond donors (Lipinski definition) is 5. The average Bonchev–Trinajstić information content (AvgIpc) is 3.13. The highest BCUT2D eigenvalue weighted by atomic mass is 32.2. The molecule has 2 rings (SSSR count). The summed E-state index contributed by atoms with van der Waals surface area (Å²) in [5.74, 6) is -0.480. The number of anilines is 2. The SMILES string of the molecule is [H]/N=C(/c1nonc1NCCNS(=N)(=O)CC)N(O)c1cccc(C(F)(F)F)c1. The van der Waals surface area contributed by atoms with Gasteiger partial charge in [-0.15, -0.1) is 0 Å². The first kappa shape index (κ1) is 20.0. The van der Waals surface area contributed by atoms with Crippen LogP contribution in [0, 0.1) is 10.2 Å². The molecule has 0 radical (unpaired) electrons. The predicted molar refractivity (Wildman–Crippen MR) is 94.7 cm³/mol. The summed E-state index contributed by atoms with van der Waals surface area (Å²) < 4.78 is 72.0. The van der Waals surface area contributed by atoms with Crippen LogP contribution in [0.4, 0.5) is 24.7 Å². The Morgan fingerprint density at radius 3 is 2.82 bits per heavy atom. The summed E-state index contributed by atoms with van der Waals surface area (Å²) >= 11 is 0. The molecule has 0 saturated carbocycles. The van der Waals surface area contributed by atoms with Crippen molar-refractivity contribution < 1.29 is 28.6 Å². The van der Waals surface area contributed by atoms with Crippen molar-refractivity contribution in [3.8, 4) is 0 Å². The number of alkyl halides is 3. The van der Waals surface area contributed by atoms with Crippen molar-refractivity contribution in [3.63, 3.8) is 0 Å². The molecule has 1 unspecified atom stereocenters. The number of amidine groups is 1. The van der Waals surface area contributed by atoms with Crippen LogP contribution in [0.25, 0.3) is 0 Å². The Hall–Kier alpha value is -2.71. The van der Waals surface area contributed by atoms with E-state index >= 15 is 0 Å². The highest BCUT2D eigenvalue weighted by Crippen LogP contribution is 2.31. The molecule has 14 heteroatoms. The normalized spacial score (nSPS) is 15.0. The van der Waals surface area contributed by atoms with Crippen molar-refractivity contribution in [2.45, 2.75) is 13.1 Å². The summed E-state index contributed by atoms with van der Waals surface area (Å²) in [6.07, 6.45) is -4.63. The fraction of sp³-hybridized carbons (Fsp3) is 0.357. The summed E-state index contributed by atoms with van der Waals surface area (Å²) in [5, 5.41) is 23.4. The molecule has 10 nitrogen and oxygen atoms in total. The summed E-state index contributed by atoms with van der Waals surface area (Å²) in [6.45, 7) is 1.83. The summed E-state index contributed by atoms with van der Waals surface area (Å²) in [5.41, 5.74) is -1.55. The van der Waals surface area contributed by atoms with Crippen LogP contribution < -0.4 is 15.1 Å². The fourth-order valence-electron chi connectivity index (χ4n) is 1.99. The highest BCUT2D eigenvalue weighted by Gasteiger charge is 2.31. The van der Waals surface area contributed by atoms with Crippen LogP contribution >= 0.6 is 0 Å². The molecule has 154 valence electrons. The van der Waals surface area contributed by atoms with Crippen LogP contribution in [0.3, 0.4) is 0 Å². The molecule has 1 aromatic heterocycles. The van der Waals surface area contributed by atoms with Gasteiger partial charge in [0.2, 0.25) is 5.82 Å². The van der Waals surface area contributed by atoms with Gasteiger partial charge in [-0.3, -0.25) is 10.6 Å². The molecule has 0 fully saturated rings. The molecule has 0 aliphatic carbocycles. The van der Waals surface area contributed by atoms with Crippen molar-refractivity contribution in [2.24, 2.45) is 0 Å². The molecule has 0 saturated heterocycles. The van der Waals surface area contributed by atoms with E-state index in [-0.39, 0.29) is 41.1 Å². The zero-order chi connectivity index (χ0) is 21.7. The van der Waals surface area contributed by atoms with E-state index in [9.17, 15) is 22.6 Å². The first-order chi connectivity index (χ1) is 13.6.